The van der Waals surface area contributed by atoms with Gasteiger partial charge in [-0.2, -0.15) is 0 Å². The van der Waals surface area contributed by atoms with Gasteiger partial charge in [-0.25, -0.2) is 14.8 Å². The third-order valence-corrected chi connectivity index (χ3v) is 3.93. The van der Waals surface area contributed by atoms with Crippen LogP contribution in [0.15, 0.2) is 61.1 Å². The number of esters is 1. The van der Waals surface area contributed by atoms with E-state index in [0.717, 1.165) is 22.5 Å². The standard InChI is InChI=1S/C20H19N3O3/c1-25-18-9-8-14(10-16(18)20(24)26-2)11-22-19-17(12-21-13-23-19)15-6-4-3-5-7-15/h3-10,12-13H,11H2,1-2H3,(H,21,22,23). The van der Waals surface area contributed by atoms with Crippen LogP contribution >= 0.6 is 0 Å². The molecule has 0 amide bonds. The zero-order valence-corrected chi connectivity index (χ0v) is 14.6. The molecule has 0 radical (unpaired) electrons. The van der Waals surface area contributed by atoms with Crippen molar-refractivity contribution in [1.29, 1.82) is 0 Å². The highest BCUT2D eigenvalue weighted by molar-refractivity contribution is 5.92. The Hall–Kier alpha value is -3.41. The minimum absolute atomic E-state index is 0.389. The van der Waals surface area contributed by atoms with Crippen molar-refractivity contribution in [1.82, 2.24) is 9.97 Å². The van der Waals surface area contributed by atoms with Crippen LogP contribution in [0.3, 0.4) is 0 Å². The molecule has 1 heterocycles. The van der Waals surface area contributed by atoms with Gasteiger partial charge in [0.05, 0.1) is 14.2 Å². The number of nitrogens with one attached hydrogen (secondary N) is 1. The highest BCUT2D eigenvalue weighted by atomic mass is 16.5. The SMILES string of the molecule is COC(=O)c1cc(CNc2ncncc2-c2ccccc2)ccc1OC. The molecule has 0 bridgehead atoms. The van der Waals surface area contributed by atoms with Crippen LogP contribution in [0.5, 0.6) is 5.75 Å². The van der Waals surface area contributed by atoms with Crippen LogP contribution in [0.4, 0.5) is 5.82 Å². The van der Waals surface area contributed by atoms with Gasteiger partial charge in [-0.05, 0) is 23.3 Å². The summed E-state index contributed by atoms with van der Waals surface area (Å²) in [6.45, 7) is 0.491. The minimum atomic E-state index is -0.435. The van der Waals surface area contributed by atoms with Crippen LogP contribution in [-0.2, 0) is 11.3 Å². The number of carbonyl (C=O) groups is 1. The Kier molecular flexibility index (Phi) is 5.43. The average molecular weight is 349 g/mol. The molecule has 1 aromatic heterocycles. The maximum atomic E-state index is 11.9. The van der Waals surface area contributed by atoms with Gasteiger partial charge in [-0.1, -0.05) is 36.4 Å². The first kappa shape index (κ1) is 17.4. The van der Waals surface area contributed by atoms with Crippen molar-refractivity contribution in [2.75, 3.05) is 19.5 Å². The molecule has 0 unspecified atom stereocenters. The number of carbonyl (C=O) groups excluding carboxylic acids is 1. The molecule has 0 saturated heterocycles. The van der Waals surface area contributed by atoms with E-state index in [1.807, 2.05) is 36.4 Å². The maximum Gasteiger partial charge on any atom is 0.341 e. The Morgan fingerprint density at radius 3 is 2.65 bits per heavy atom. The van der Waals surface area contributed by atoms with Crippen LogP contribution in [0, 0.1) is 0 Å². The Balaban J connectivity index is 1.83. The lowest BCUT2D eigenvalue weighted by Gasteiger charge is -2.12. The minimum Gasteiger partial charge on any atom is -0.496 e. The normalized spacial score (nSPS) is 10.2. The van der Waals surface area contributed by atoms with E-state index in [1.165, 1.54) is 20.5 Å². The van der Waals surface area contributed by atoms with Crippen LogP contribution in [-0.4, -0.2) is 30.2 Å². The molecule has 0 aliphatic heterocycles. The van der Waals surface area contributed by atoms with Gasteiger partial charge >= 0.3 is 5.97 Å². The summed E-state index contributed by atoms with van der Waals surface area (Å²) in [4.78, 5) is 20.4. The second-order valence-electron chi connectivity index (χ2n) is 5.53. The molecule has 26 heavy (non-hydrogen) atoms. The highest BCUT2D eigenvalue weighted by Crippen LogP contribution is 2.26. The van der Waals surface area contributed by atoms with Crippen LogP contribution < -0.4 is 10.1 Å². The van der Waals surface area contributed by atoms with E-state index in [0.29, 0.717) is 17.9 Å². The number of benzene rings is 2. The number of nitrogens with zero attached hydrogens (tertiary/aromatic N) is 2. The van der Waals surface area contributed by atoms with Gasteiger partial charge in [0, 0.05) is 18.3 Å². The number of anilines is 1. The number of aromatic nitrogens is 2. The van der Waals surface area contributed by atoms with E-state index in [1.54, 1.807) is 18.3 Å². The Bertz CT molecular complexity index is 898. The molecule has 3 aromatic rings. The summed E-state index contributed by atoms with van der Waals surface area (Å²) in [5, 5.41) is 3.31. The summed E-state index contributed by atoms with van der Waals surface area (Å²) < 4.78 is 10.0. The van der Waals surface area contributed by atoms with Crippen molar-refractivity contribution in [2.45, 2.75) is 6.54 Å². The lowest BCUT2D eigenvalue weighted by molar-refractivity contribution is 0.0597. The second-order valence-corrected chi connectivity index (χ2v) is 5.53. The summed E-state index contributed by atoms with van der Waals surface area (Å²) in [5.74, 6) is 0.768. The number of methoxy groups -OCH3 is 2. The molecule has 0 atom stereocenters. The lowest BCUT2D eigenvalue weighted by Crippen LogP contribution is -2.07. The predicted molar refractivity (Wildman–Crippen MR) is 99.1 cm³/mol. The van der Waals surface area contributed by atoms with E-state index in [-0.39, 0.29) is 0 Å². The van der Waals surface area contributed by atoms with Crippen molar-refractivity contribution in [2.24, 2.45) is 0 Å². The Morgan fingerprint density at radius 2 is 1.92 bits per heavy atom. The molecule has 0 aliphatic rings. The molecule has 132 valence electrons. The third kappa shape index (κ3) is 3.80. The van der Waals surface area contributed by atoms with Gasteiger partial charge in [0.1, 0.15) is 23.5 Å². The van der Waals surface area contributed by atoms with Crippen molar-refractivity contribution < 1.29 is 14.3 Å². The van der Waals surface area contributed by atoms with Gasteiger partial charge in [-0.3, -0.25) is 0 Å². The lowest BCUT2D eigenvalue weighted by atomic mass is 10.1. The number of rotatable bonds is 6. The Morgan fingerprint density at radius 1 is 1.12 bits per heavy atom. The van der Waals surface area contributed by atoms with Crippen LogP contribution in [0.1, 0.15) is 15.9 Å². The first-order valence-corrected chi connectivity index (χ1v) is 8.07. The van der Waals surface area contributed by atoms with E-state index >= 15 is 0 Å². The second kappa shape index (κ2) is 8.11. The molecule has 0 spiro atoms. The average Bonchev–Trinajstić information content (AvgIpc) is 2.72. The number of ether oxygens (including phenoxy) is 2. The highest BCUT2D eigenvalue weighted by Gasteiger charge is 2.14. The molecule has 1 N–H and O–H groups in total. The number of hydrogen-bond donors (Lipinski definition) is 1. The van der Waals surface area contributed by atoms with E-state index in [9.17, 15) is 4.79 Å². The molecule has 0 fully saturated rings. The first-order chi connectivity index (χ1) is 12.7. The quantitative estimate of drug-likeness (QED) is 0.686. The van der Waals surface area contributed by atoms with Crippen molar-refractivity contribution in [3.05, 3.63) is 72.2 Å². The summed E-state index contributed by atoms with van der Waals surface area (Å²) in [5.41, 5.74) is 3.24. The molecule has 6 heteroatoms. The zero-order valence-electron chi connectivity index (χ0n) is 14.6. The molecular formula is C20H19N3O3. The third-order valence-electron chi connectivity index (χ3n) is 3.93. The molecule has 2 aromatic carbocycles. The van der Waals surface area contributed by atoms with Gasteiger partial charge in [0.15, 0.2) is 0 Å². The van der Waals surface area contributed by atoms with Crippen LogP contribution in [0.2, 0.25) is 0 Å². The topological polar surface area (TPSA) is 73.3 Å². The van der Waals surface area contributed by atoms with E-state index in [2.05, 4.69) is 15.3 Å². The summed E-state index contributed by atoms with van der Waals surface area (Å²) in [6, 6.07) is 15.3. The Labute approximate surface area is 151 Å². The van der Waals surface area contributed by atoms with Gasteiger partial charge < -0.3 is 14.8 Å². The number of hydrogen-bond acceptors (Lipinski definition) is 6. The molecule has 6 nitrogen and oxygen atoms in total. The fraction of sp³-hybridized carbons (Fsp3) is 0.150. The van der Waals surface area contributed by atoms with E-state index in [4.69, 9.17) is 9.47 Å². The fourth-order valence-corrected chi connectivity index (χ4v) is 2.62. The van der Waals surface area contributed by atoms with Crippen LogP contribution in [0.25, 0.3) is 11.1 Å². The van der Waals surface area contributed by atoms with Gasteiger partial charge in [-0.15, -0.1) is 0 Å². The van der Waals surface area contributed by atoms with Crippen molar-refractivity contribution in [3.63, 3.8) is 0 Å². The summed E-state index contributed by atoms with van der Waals surface area (Å²) >= 11 is 0. The zero-order chi connectivity index (χ0) is 18.4. The molecule has 3 rings (SSSR count). The largest absolute Gasteiger partial charge is 0.496 e. The molecular weight excluding hydrogens is 330 g/mol. The molecule has 0 saturated carbocycles. The van der Waals surface area contributed by atoms with Gasteiger partial charge in [0.25, 0.3) is 0 Å². The summed E-state index contributed by atoms with van der Waals surface area (Å²) in [7, 11) is 2.87. The monoisotopic (exact) mass is 349 g/mol. The predicted octanol–water partition coefficient (Wildman–Crippen LogP) is 3.55. The molecule has 0 aliphatic carbocycles. The van der Waals surface area contributed by atoms with Crippen molar-refractivity contribution in [3.8, 4) is 16.9 Å². The summed E-state index contributed by atoms with van der Waals surface area (Å²) in [6.07, 6.45) is 3.28. The fourth-order valence-electron chi connectivity index (χ4n) is 2.62. The van der Waals surface area contributed by atoms with Crippen molar-refractivity contribution >= 4 is 11.8 Å². The van der Waals surface area contributed by atoms with E-state index < -0.39 is 5.97 Å². The van der Waals surface area contributed by atoms with Gasteiger partial charge in [0.2, 0.25) is 0 Å². The first-order valence-electron chi connectivity index (χ1n) is 8.07. The maximum absolute atomic E-state index is 11.9. The smallest absolute Gasteiger partial charge is 0.341 e.